The summed E-state index contributed by atoms with van der Waals surface area (Å²) in [5, 5.41) is 15.0. The first-order valence-corrected chi connectivity index (χ1v) is 6.70. The second-order valence-electron chi connectivity index (χ2n) is 4.23. The molecule has 0 aliphatic rings. The maximum atomic E-state index is 10.3. The van der Waals surface area contributed by atoms with Crippen LogP contribution < -0.4 is 0 Å². The Morgan fingerprint density at radius 1 is 1.39 bits per heavy atom. The van der Waals surface area contributed by atoms with Gasteiger partial charge in [0.15, 0.2) is 5.82 Å². The van der Waals surface area contributed by atoms with Crippen molar-refractivity contribution in [3.63, 3.8) is 0 Å². The minimum atomic E-state index is -0.833. The van der Waals surface area contributed by atoms with Crippen molar-refractivity contribution in [1.82, 2.24) is 14.8 Å². The highest BCUT2D eigenvalue weighted by molar-refractivity contribution is 9.10. The van der Waals surface area contributed by atoms with Crippen LogP contribution in [0.15, 0.2) is 29.0 Å². The van der Waals surface area contributed by atoms with Gasteiger partial charge in [0.25, 0.3) is 0 Å². The van der Waals surface area contributed by atoms with Crippen LogP contribution in [0.1, 0.15) is 37.4 Å². The number of rotatable bonds is 3. The lowest BCUT2D eigenvalue weighted by Gasteiger charge is -2.15. The molecule has 0 saturated heterocycles. The van der Waals surface area contributed by atoms with E-state index in [1.165, 1.54) is 6.33 Å². The molecule has 18 heavy (non-hydrogen) atoms. The van der Waals surface area contributed by atoms with Gasteiger partial charge < -0.3 is 5.11 Å². The third-order valence-electron chi connectivity index (χ3n) is 2.59. The Morgan fingerprint density at radius 3 is 2.72 bits per heavy atom. The maximum absolute atomic E-state index is 10.3. The van der Waals surface area contributed by atoms with Crippen molar-refractivity contribution in [2.75, 3.05) is 0 Å². The normalized spacial score (nSPS) is 13.0. The molecule has 2 aromatic rings. The first kappa shape index (κ1) is 13.5. The van der Waals surface area contributed by atoms with E-state index in [-0.39, 0.29) is 6.04 Å². The van der Waals surface area contributed by atoms with E-state index in [1.807, 2.05) is 13.8 Å². The van der Waals surface area contributed by atoms with Gasteiger partial charge in [-0.05, 0) is 47.5 Å². The molecule has 0 fully saturated rings. The lowest BCUT2D eigenvalue weighted by molar-refractivity contribution is 0.200. The van der Waals surface area contributed by atoms with Gasteiger partial charge in [-0.25, -0.2) is 9.67 Å². The van der Waals surface area contributed by atoms with Crippen molar-refractivity contribution in [2.24, 2.45) is 0 Å². The topological polar surface area (TPSA) is 50.9 Å². The smallest absolute Gasteiger partial charge is 0.160 e. The fraction of sp³-hybridized carbons (Fsp3) is 0.333. The van der Waals surface area contributed by atoms with E-state index < -0.39 is 6.10 Å². The van der Waals surface area contributed by atoms with Gasteiger partial charge in [-0.1, -0.05) is 17.7 Å². The summed E-state index contributed by atoms with van der Waals surface area (Å²) < 4.78 is 2.49. The van der Waals surface area contributed by atoms with Gasteiger partial charge in [0.05, 0.1) is 5.02 Å². The molecule has 1 unspecified atom stereocenters. The van der Waals surface area contributed by atoms with Gasteiger partial charge in [0, 0.05) is 10.5 Å². The fourth-order valence-electron chi connectivity index (χ4n) is 1.68. The van der Waals surface area contributed by atoms with E-state index in [4.69, 9.17) is 11.6 Å². The predicted molar refractivity (Wildman–Crippen MR) is 73.6 cm³/mol. The van der Waals surface area contributed by atoms with E-state index in [9.17, 15) is 5.11 Å². The number of aliphatic hydroxyl groups is 1. The van der Waals surface area contributed by atoms with Crippen LogP contribution in [0.2, 0.25) is 5.02 Å². The largest absolute Gasteiger partial charge is 0.380 e. The fourth-order valence-corrected chi connectivity index (χ4v) is 2.12. The van der Waals surface area contributed by atoms with Gasteiger partial charge in [0.1, 0.15) is 12.4 Å². The van der Waals surface area contributed by atoms with Gasteiger partial charge in [-0.3, -0.25) is 0 Å². The number of halogens is 2. The average Bonchev–Trinajstić information content (AvgIpc) is 2.81. The molecule has 1 atom stereocenters. The molecule has 0 aliphatic carbocycles. The Morgan fingerprint density at radius 2 is 2.11 bits per heavy atom. The van der Waals surface area contributed by atoms with Gasteiger partial charge in [-0.15, -0.1) is 0 Å². The van der Waals surface area contributed by atoms with E-state index >= 15 is 0 Å². The molecule has 4 nitrogen and oxygen atoms in total. The van der Waals surface area contributed by atoms with Crippen LogP contribution in [0.25, 0.3) is 0 Å². The number of benzene rings is 1. The van der Waals surface area contributed by atoms with Gasteiger partial charge in [-0.2, -0.15) is 5.10 Å². The number of hydrogen-bond acceptors (Lipinski definition) is 3. The Labute approximate surface area is 119 Å². The van der Waals surface area contributed by atoms with Crippen molar-refractivity contribution in [3.05, 3.63) is 45.4 Å². The van der Waals surface area contributed by atoms with E-state index in [1.54, 1.807) is 22.9 Å². The highest BCUT2D eigenvalue weighted by Crippen LogP contribution is 2.28. The molecule has 1 aromatic carbocycles. The lowest BCUT2D eigenvalue weighted by atomic mass is 10.1. The Kier molecular flexibility index (Phi) is 4.04. The van der Waals surface area contributed by atoms with Crippen LogP contribution in [-0.2, 0) is 0 Å². The molecule has 0 radical (unpaired) electrons. The van der Waals surface area contributed by atoms with E-state index in [0.717, 1.165) is 4.47 Å². The van der Waals surface area contributed by atoms with Crippen molar-refractivity contribution in [1.29, 1.82) is 0 Å². The number of hydrogen-bond donors (Lipinski definition) is 1. The summed E-state index contributed by atoms with van der Waals surface area (Å²) in [6, 6.07) is 5.47. The molecule has 0 spiro atoms. The summed E-state index contributed by atoms with van der Waals surface area (Å²) in [7, 11) is 0. The van der Waals surface area contributed by atoms with Crippen LogP contribution in [0.3, 0.4) is 0 Å². The SMILES string of the molecule is CC(C)n1ncnc1C(O)c1ccc(Br)c(Cl)c1. The van der Waals surface area contributed by atoms with Gasteiger partial charge in [0.2, 0.25) is 0 Å². The van der Waals surface area contributed by atoms with Crippen LogP contribution in [0, 0.1) is 0 Å². The van der Waals surface area contributed by atoms with Crippen molar-refractivity contribution < 1.29 is 5.11 Å². The highest BCUT2D eigenvalue weighted by atomic mass is 79.9. The van der Waals surface area contributed by atoms with Crippen LogP contribution in [0.4, 0.5) is 0 Å². The zero-order chi connectivity index (χ0) is 13.3. The summed E-state index contributed by atoms with van der Waals surface area (Å²) in [4.78, 5) is 4.11. The maximum Gasteiger partial charge on any atom is 0.160 e. The Hall–Kier alpha value is -0.910. The lowest BCUT2D eigenvalue weighted by Crippen LogP contribution is -2.13. The molecule has 0 aliphatic heterocycles. The standard InChI is InChI=1S/C12H13BrClN3O/c1-7(2)17-12(15-6-16-17)11(18)8-3-4-9(13)10(14)5-8/h3-7,11,18H,1-2H3. The van der Waals surface area contributed by atoms with Crippen LogP contribution in [-0.4, -0.2) is 19.9 Å². The molecule has 0 saturated carbocycles. The summed E-state index contributed by atoms with van der Waals surface area (Å²) in [6.07, 6.45) is 0.611. The zero-order valence-corrected chi connectivity index (χ0v) is 12.4. The summed E-state index contributed by atoms with van der Waals surface area (Å²) >= 11 is 9.34. The molecule has 96 valence electrons. The van der Waals surface area contributed by atoms with Gasteiger partial charge >= 0.3 is 0 Å². The number of nitrogens with zero attached hydrogens (tertiary/aromatic N) is 3. The van der Waals surface area contributed by atoms with E-state index in [0.29, 0.717) is 16.4 Å². The zero-order valence-electron chi connectivity index (χ0n) is 10.0. The van der Waals surface area contributed by atoms with Crippen molar-refractivity contribution >= 4 is 27.5 Å². The second-order valence-corrected chi connectivity index (χ2v) is 5.49. The van der Waals surface area contributed by atoms with Crippen LogP contribution >= 0.6 is 27.5 Å². The third kappa shape index (κ3) is 2.58. The average molecular weight is 331 g/mol. The summed E-state index contributed by atoms with van der Waals surface area (Å²) in [6.45, 7) is 3.97. The molecule has 6 heteroatoms. The number of aliphatic hydroxyl groups excluding tert-OH is 1. The van der Waals surface area contributed by atoms with Crippen molar-refractivity contribution in [3.8, 4) is 0 Å². The molecular formula is C12H13BrClN3O. The second kappa shape index (κ2) is 5.38. The Balaban J connectivity index is 2.38. The highest BCUT2D eigenvalue weighted by Gasteiger charge is 2.19. The molecule has 1 heterocycles. The first-order chi connectivity index (χ1) is 8.50. The first-order valence-electron chi connectivity index (χ1n) is 5.53. The Bertz CT molecular complexity index is 556. The van der Waals surface area contributed by atoms with Crippen molar-refractivity contribution in [2.45, 2.75) is 26.0 Å². The molecule has 1 N–H and O–H groups in total. The summed E-state index contributed by atoms with van der Waals surface area (Å²) in [5.74, 6) is 0.517. The van der Waals surface area contributed by atoms with E-state index in [2.05, 4.69) is 26.0 Å². The molecule has 2 rings (SSSR count). The minimum absolute atomic E-state index is 0.142. The minimum Gasteiger partial charge on any atom is -0.380 e. The third-order valence-corrected chi connectivity index (χ3v) is 3.83. The van der Waals surface area contributed by atoms with Crippen LogP contribution in [0.5, 0.6) is 0 Å². The summed E-state index contributed by atoms with van der Waals surface area (Å²) in [5.41, 5.74) is 0.693. The number of aromatic nitrogens is 3. The quantitative estimate of drug-likeness (QED) is 0.939. The molecule has 1 aromatic heterocycles. The molecule has 0 bridgehead atoms. The monoisotopic (exact) mass is 329 g/mol. The molecular weight excluding hydrogens is 318 g/mol. The molecule has 0 amide bonds. The predicted octanol–water partition coefficient (Wildman–Crippen LogP) is 3.36.